The molecule has 0 unspecified atom stereocenters. The van der Waals surface area contributed by atoms with Crippen molar-refractivity contribution in [2.45, 2.75) is 46.4 Å². The van der Waals surface area contributed by atoms with E-state index >= 15 is 0 Å². The number of benzene rings is 1. The van der Waals surface area contributed by atoms with E-state index in [4.69, 9.17) is 9.47 Å². The van der Waals surface area contributed by atoms with Crippen molar-refractivity contribution in [1.82, 2.24) is 0 Å². The fourth-order valence-corrected chi connectivity index (χ4v) is 1.79. The van der Waals surface area contributed by atoms with Crippen molar-refractivity contribution in [2.24, 2.45) is 0 Å². The number of halogens is 3. The van der Waals surface area contributed by atoms with Gasteiger partial charge >= 0.3 is 18.2 Å². The van der Waals surface area contributed by atoms with Crippen LogP contribution in [0.5, 0.6) is 5.75 Å². The Morgan fingerprint density at radius 1 is 1.13 bits per heavy atom. The highest BCUT2D eigenvalue weighted by Crippen LogP contribution is 2.39. The average Bonchev–Trinajstić information content (AvgIpc) is 2.29. The lowest BCUT2D eigenvalue weighted by molar-refractivity contribution is -0.138. The monoisotopic (exact) mass is 333 g/mol. The zero-order valence-corrected chi connectivity index (χ0v) is 13.4. The molecule has 0 atom stereocenters. The van der Waals surface area contributed by atoms with E-state index < -0.39 is 29.4 Å². The predicted octanol–water partition coefficient (Wildman–Crippen LogP) is 4.29. The maximum absolute atomic E-state index is 13.0. The van der Waals surface area contributed by atoms with Crippen LogP contribution < -0.4 is 10.1 Å². The van der Waals surface area contributed by atoms with Crippen molar-refractivity contribution in [3.63, 3.8) is 0 Å². The molecule has 0 spiro atoms. The Balaban J connectivity index is 3.28. The minimum absolute atomic E-state index is 0.186. The van der Waals surface area contributed by atoms with Crippen LogP contribution in [-0.4, -0.2) is 17.7 Å². The molecule has 0 radical (unpaired) electrons. The first-order valence-corrected chi connectivity index (χ1v) is 6.70. The molecule has 1 aromatic rings. The molecule has 0 aliphatic heterocycles. The summed E-state index contributed by atoms with van der Waals surface area (Å²) in [6.07, 6.45) is -5.56. The van der Waals surface area contributed by atoms with E-state index in [0.29, 0.717) is 0 Å². The highest BCUT2D eigenvalue weighted by molar-refractivity contribution is 5.89. The molecule has 1 aromatic carbocycles. The Morgan fingerprint density at radius 2 is 1.70 bits per heavy atom. The summed E-state index contributed by atoms with van der Waals surface area (Å²) in [6.45, 7) is 7.10. The van der Waals surface area contributed by atoms with Crippen LogP contribution in [0.2, 0.25) is 0 Å². The van der Waals surface area contributed by atoms with Gasteiger partial charge < -0.3 is 9.47 Å². The quantitative estimate of drug-likeness (QED) is 0.648. The van der Waals surface area contributed by atoms with Crippen molar-refractivity contribution >= 4 is 17.7 Å². The Kier molecular flexibility index (Phi) is 5.29. The molecule has 0 bridgehead atoms. The van der Waals surface area contributed by atoms with Crippen LogP contribution in [0.3, 0.4) is 0 Å². The SMILES string of the molecule is CC(=O)Oc1ccc(C(F)(F)F)c(C)c1NC(=O)OC(C)(C)C. The second-order valence-electron chi connectivity index (χ2n) is 5.83. The van der Waals surface area contributed by atoms with Gasteiger partial charge in [-0.25, -0.2) is 4.79 Å². The van der Waals surface area contributed by atoms with E-state index in [0.717, 1.165) is 19.1 Å². The van der Waals surface area contributed by atoms with Gasteiger partial charge in [-0.3, -0.25) is 10.1 Å². The van der Waals surface area contributed by atoms with E-state index in [2.05, 4.69) is 5.32 Å². The number of esters is 1. The fourth-order valence-electron chi connectivity index (χ4n) is 1.79. The number of carbonyl (C=O) groups excluding carboxylic acids is 2. The van der Waals surface area contributed by atoms with E-state index in [-0.39, 0.29) is 17.0 Å². The summed E-state index contributed by atoms with van der Waals surface area (Å²) in [5.74, 6) is -0.912. The molecule has 1 N–H and O–H groups in total. The maximum atomic E-state index is 13.0. The molecule has 1 rings (SSSR count). The van der Waals surface area contributed by atoms with Gasteiger partial charge in [-0.2, -0.15) is 13.2 Å². The van der Waals surface area contributed by atoms with Crippen molar-refractivity contribution in [3.8, 4) is 5.75 Å². The van der Waals surface area contributed by atoms with Crippen LogP contribution in [0.1, 0.15) is 38.8 Å². The van der Waals surface area contributed by atoms with Gasteiger partial charge in [0, 0.05) is 6.92 Å². The normalized spacial score (nSPS) is 11.8. The highest BCUT2D eigenvalue weighted by atomic mass is 19.4. The molecule has 0 aromatic heterocycles. The van der Waals surface area contributed by atoms with Gasteiger partial charge in [-0.1, -0.05) is 0 Å². The van der Waals surface area contributed by atoms with Crippen LogP contribution in [-0.2, 0) is 15.7 Å². The lowest BCUT2D eigenvalue weighted by Gasteiger charge is -2.22. The number of alkyl halides is 3. The molecule has 0 aliphatic carbocycles. The van der Waals surface area contributed by atoms with Crippen LogP contribution in [0.25, 0.3) is 0 Å². The minimum Gasteiger partial charge on any atom is -0.444 e. The van der Waals surface area contributed by atoms with Crippen molar-refractivity contribution in [3.05, 3.63) is 23.3 Å². The number of amides is 1. The number of anilines is 1. The van der Waals surface area contributed by atoms with Gasteiger partial charge in [0.2, 0.25) is 0 Å². The van der Waals surface area contributed by atoms with Gasteiger partial charge in [0.05, 0.1) is 11.3 Å². The third kappa shape index (κ3) is 5.46. The lowest BCUT2D eigenvalue weighted by atomic mass is 10.1. The zero-order chi connectivity index (χ0) is 18.0. The van der Waals surface area contributed by atoms with Gasteiger partial charge in [0.1, 0.15) is 5.60 Å². The van der Waals surface area contributed by atoms with Crippen molar-refractivity contribution in [1.29, 1.82) is 0 Å². The second-order valence-corrected chi connectivity index (χ2v) is 5.83. The van der Waals surface area contributed by atoms with E-state index in [1.807, 2.05) is 0 Å². The summed E-state index contributed by atoms with van der Waals surface area (Å²) in [6, 6.07) is 1.76. The molecule has 0 aliphatic rings. The number of hydrogen-bond acceptors (Lipinski definition) is 4. The van der Waals surface area contributed by atoms with Crippen molar-refractivity contribution in [2.75, 3.05) is 5.32 Å². The molecule has 0 saturated heterocycles. The largest absolute Gasteiger partial charge is 0.444 e. The predicted molar refractivity (Wildman–Crippen MR) is 77.3 cm³/mol. The third-order valence-electron chi connectivity index (χ3n) is 2.61. The summed E-state index contributed by atoms with van der Waals surface area (Å²) in [5.41, 5.74) is -2.31. The summed E-state index contributed by atoms with van der Waals surface area (Å²) < 4.78 is 48.8. The Hall–Kier alpha value is -2.25. The lowest BCUT2D eigenvalue weighted by Crippen LogP contribution is -2.28. The smallest absolute Gasteiger partial charge is 0.416 e. The molecule has 8 heteroatoms. The molecular formula is C15H18F3NO4. The summed E-state index contributed by atoms with van der Waals surface area (Å²) >= 11 is 0. The molecular weight excluding hydrogens is 315 g/mol. The Bertz CT molecular complexity index is 618. The van der Waals surface area contributed by atoms with E-state index in [9.17, 15) is 22.8 Å². The number of carbonyl (C=O) groups is 2. The summed E-state index contributed by atoms with van der Waals surface area (Å²) in [4.78, 5) is 22.9. The molecule has 23 heavy (non-hydrogen) atoms. The van der Waals surface area contributed by atoms with E-state index in [1.54, 1.807) is 20.8 Å². The third-order valence-corrected chi connectivity index (χ3v) is 2.61. The molecule has 5 nitrogen and oxygen atoms in total. The van der Waals surface area contributed by atoms with Gasteiger partial charge in [-0.05, 0) is 45.4 Å². The molecule has 0 saturated carbocycles. The Morgan fingerprint density at radius 3 is 2.13 bits per heavy atom. The molecule has 1 amide bonds. The second kappa shape index (κ2) is 6.47. The number of ether oxygens (including phenoxy) is 2. The minimum atomic E-state index is -4.61. The van der Waals surface area contributed by atoms with Crippen LogP contribution in [0.4, 0.5) is 23.7 Å². The first-order valence-electron chi connectivity index (χ1n) is 6.70. The van der Waals surface area contributed by atoms with Gasteiger partial charge in [0.15, 0.2) is 5.75 Å². The Labute approximate surface area is 131 Å². The van der Waals surface area contributed by atoms with Crippen LogP contribution >= 0.6 is 0 Å². The summed E-state index contributed by atoms with van der Waals surface area (Å²) in [5, 5.41) is 2.21. The standard InChI is InChI=1S/C15H18F3NO4/c1-8-10(15(16,17)18)6-7-11(22-9(2)20)12(8)19-13(21)23-14(3,4)5/h6-7H,1-5H3,(H,19,21). The van der Waals surface area contributed by atoms with E-state index in [1.165, 1.54) is 6.92 Å². The first kappa shape index (κ1) is 18.8. The zero-order valence-electron chi connectivity index (χ0n) is 13.4. The van der Waals surface area contributed by atoms with Crippen molar-refractivity contribution < 1.29 is 32.2 Å². The van der Waals surface area contributed by atoms with Crippen LogP contribution in [0.15, 0.2) is 12.1 Å². The highest BCUT2D eigenvalue weighted by Gasteiger charge is 2.34. The summed E-state index contributed by atoms with van der Waals surface area (Å²) in [7, 11) is 0. The molecule has 0 fully saturated rings. The average molecular weight is 333 g/mol. The van der Waals surface area contributed by atoms with Gasteiger partial charge in [-0.15, -0.1) is 0 Å². The van der Waals surface area contributed by atoms with Crippen LogP contribution in [0, 0.1) is 6.92 Å². The number of rotatable bonds is 2. The topological polar surface area (TPSA) is 64.6 Å². The first-order chi connectivity index (χ1) is 10.3. The number of nitrogens with one attached hydrogen (secondary N) is 1. The molecule has 128 valence electrons. The maximum Gasteiger partial charge on any atom is 0.416 e. The fraction of sp³-hybridized carbons (Fsp3) is 0.467. The number of hydrogen-bond donors (Lipinski definition) is 1. The van der Waals surface area contributed by atoms with Gasteiger partial charge in [0.25, 0.3) is 0 Å². The molecule has 0 heterocycles.